The third-order valence-electron chi connectivity index (χ3n) is 7.14. The zero-order valence-corrected chi connectivity index (χ0v) is 19.2. The molecule has 0 spiro atoms. The minimum Gasteiger partial charge on any atom is -0.357 e. The number of nitrogens with zero attached hydrogens (tertiary/aromatic N) is 6. The Bertz CT molecular complexity index is 1000. The van der Waals surface area contributed by atoms with Gasteiger partial charge in [-0.3, -0.25) is 4.98 Å². The molecule has 6 heteroatoms. The van der Waals surface area contributed by atoms with Gasteiger partial charge in [0.15, 0.2) is 5.82 Å². The van der Waals surface area contributed by atoms with Crippen LogP contribution in [-0.2, 0) is 6.42 Å². The van der Waals surface area contributed by atoms with Gasteiger partial charge in [0, 0.05) is 31.9 Å². The van der Waals surface area contributed by atoms with E-state index in [1.54, 1.807) is 0 Å². The Balaban J connectivity index is 1.41. The number of hydrogen-bond donors (Lipinski definition) is 0. The van der Waals surface area contributed by atoms with Crippen molar-refractivity contribution in [2.45, 2.75) is 70.8 Å². The molecular formula is C26H34N6. The van der Waals surface area contributed by atoms with E-state index in [0.29, 0.717) is 0 Å². The van der Waals surface area contributed by atoms with Crippen molar-refractivity contribution in [3.8, 4) is 11.5 Å². The Morgan fingerprint density at radius 1 is 0.969 bits per heavy atom. The molecule has 6 nitrogen and oxygen atoms in total. The minimum absolute atomic E-state index is 0.113. The van der Waals surface area contributed by atoms with Gasteiger partial charge in [-0.15, -0.1) is 5.10 Å². The molecule has 0 amide bonds. The van der Waals surface area contributed by atoms with Crippen LogP contribution in [0.25, 0.3) is 11.5 Å². The number of aromatic nitrogens is 5. The molecule has 1 atom stereocenters. The molecule has 4 heterocycles. The summed E-state index contributed by atoms with van der Waals surface area (Å²) >= 11 is 0. The molecular weight excluding hydrogens is 396 g/mol. The van der Waals surface area contributed by atoms with Crippen molar-refractivity contribution in [1.82, 2.24) is 24.7 Å². The summed E-state index contributed by atoms with van der Waals surface area (Å²) in [7, 11) is 0. The highest BCUT2D eigenvalue weighted by atomic mass is 15.4. The van der Waals surface area contributed by atoms with Crippen molar-refractivity contribution in [3.63, 3.8) is 0 Å². The zero-order chi connectivity index (χ0) is 21.8. The first-order valence-corrected chi connectivity index (χ1v) is 12.4. The van der Waals surface area contributed by atoms with Gasteiger partial charge < -0.3 is 4.90 Å². The van der Waals surface area contributed by atoms with Gasteiger partial charge in [-0.05, 0) is 61.9 Å². The van der Waals surface area contributed by atoms with Gasteiger partial charge >= 0.3 is 0 Å². The van der Waals surface area contributed by atoms with E-state index in [-0.39, 0.29) is 6.04 Å². The summed E-state index contributed by atoms with van der Waals surface area (Å²) in [4.78, 5) is 16.5. The van der Waals surface area contributed by atoms with E-state index in [1.165, 1.54) is 56.9 Å². The number of rotatable bonds is 8. The molecule has 1 saturated carbocycles. The largest absolute Gasteiger partial charge is 0.357 e. The van der Waals surface area contributed by atoms with E-state index in [1.807, 2.05) is 18.5 Å². The van der Waals surface area contributed by atoms with Gasteiger partial charge in [0.2, 0.25) is 0 Å². The van der Waals surface area contributed by atoms with Crippen molar-refractivity contribution in [1.29, 1.82) is 0 Å². The van der Waals surface area contributed by atoms with E-state index in [2.05, 4.69) is 45.8 Å². The molecule has 0 aromatic carbocycles. The molecule has 3 aromatic rings. The second-order valence-electron chi connectivity index (χ2n) is 9.37. The Labute approximate surface area is 191 Å². The lowest BCUT2D eigenvalue weighted by Crippen LogP contribution is -2.18. The van der Waals surface area contributed by atoms with E-state index in [9.17, 15) is 0 Å². The van der Waals surface area contributed by atoms with E-state index >= 15 is 0 Å². The molecule has 2 fully saturated rings. The van der Waals surface area contributed by atoms with Crippen LogP contribution in [0.2, 0.25) is 0 Å². The standard InChI is InChI=1S/C26H34N6/c1-20(22-14-16-27-17-15-22)32-25(13-6-10-21-8-2-3-9-21)29-26(30-32)23-11-7-12-24(28-23)31-18-4-5-19-31/h7,11-12,14-17,20-21H,2-6,8-10,13,18-19H2,1H3. The zero-order valence-electron chi connectivity index (χ0n) is 19.2. The molecule has 1 saturated heterocycles. The lowest BCUT2D eigenvalue weighted by Gasteiger charge is -2.16. The Kier molecular flexibility index (Phi) is 6.46. The Morgan fingerprint density at radius 2 is 1.75 bits per heavy atom. The highest BCUT2D eigenvalue weighted by Gasteiger charge is 2.21. The smallest absolute Gasteiger partial charge is 0.200 e. The van der Waals surface area contributed by atoms with E-state index < -0.39 is 0 Å². The quantitative estimate of drug-likeness (QED) is 0.475. The molecule has 0 N–H and O–H groups in total. The van der Waals surface area contributed by atoms with Gasteiger partial charge in [0.05, 0.1) is 6.04 Å². The first-order valence-electron chi connectivity index (χ1n) is 12.4. The van der Waals surface area contributed by atoms with Crippen molar-refractivity contribution >= 4 is 5.82 Å². The van der Waals surface area contributed by atoms with Gasteiger partial charge in [-0.2, -0.15) is 0 Å². The maximum atomic E-state index is 5.01. The average Bonchev–Trinajstić information content (AvgIpc) is 3.62. The second-order valence-corrected chi connectivity index (χ2v) is 9.37. The van der Waals surface area contributed by atoms with Crippen LogP contribution in [0, 0.1) is 5.92 Å². The molecule has 168 valence electrons. The molecule has 1 unspecified atom stereocenters. The SMILES string of the molecule is CC(c1ccncc1)n1nc(-c2cccc(N3CCCC3)n2)nc1CCCC1CCCC1. The fourth-order valence-electron chi connectivity index (χ4n) is 5.25. The second kappa shape index (κ2) is 9.80. The lowest BCUT2D eigenvalue weighted by atomic mass is 10.0. The van der Waals surface area contributed by atoms with Crippen molar-refractivity contribution in [2.75, 3.05) is 18.0 Å². The topological polar surface area (TPSA) is 59.7 Å². The van der Waals surface area contributed by atoms with Crippen LogP contribution >= 0.6 is 0 Å². The first kappa shape index (κ1) is 21.1. The number of pyridine rings is 2. The fraction of sp³-hybridized carbons (Fsp3) is 0.538. The maximum absolute atomic E-state index is 5.01. The van der Waals surface area contributed by atoms with Crippen LogP contribution in [0.4, 0.5) is 5.82 Å². The summed E-state index contributed by atoms with van der Waals surface area (Å²) in [5, 5.41) is 4.98. The normalized spacial score (nSPS) is 17.8. The summed E-state index contributed by atoms with van der Waals surface area (Å²) in [6, 6.07) is 10.5. The van der Waals surface area contributed by atoms with Crippen LogP contribution < -0.4 is 4.90 Å². The Hall–Kier alpha value is -2.76. The number of anilines is 1. The van der Waals surface area contributed by atoms with Crippen LogP contribution in [-0.4, -0.2) is 37.8 Å². The molecule has 0 radical (unpaired) electrons. The monoisotopic (exact) mass is 430 g/mol. The summed E-state index contributed by atoms with van der Waals surface area (Å²) in [6.45, 7) is 4.37. The van der Waals surface area contributed by atoms with Crippen LogP contribution in [0.15, 0.2) is 42.7 Å². The molecule has 2 aliphatic rings. The number of hydrogen-bond acceptors (Lipinski definition) is 5. The van der Waals surface area contributed by atoms with Crippen LogP contribution in [0.3, 0.4) is 0 Å². The third-order valence-corrected chi connectivity index (χ3v) is 7.14. The van der Waals surface area contributed by atoms with Gasteiger partial charge in [-0.25, -0.2) is 14.6 Å². The third kappa shape index (κ3) is 4.69. The summed E-state index contributed by atoms with van der Waals surface area (Å²) in [6.07, 6.45) is 15.2. The fourth-order valence-corrected chi connectivity index (χ4v) is 5.25. The highest BCUT2D eigenvalue weighted by Crippen LogP contribution is 2.30. The minimum atomic E-state index is 0.113. The average molecular weight is 431 g/mol. The highest BCUT2D eigenvalue weighted by molar-refractivity contribution is 5.54. The van der Waals surface area contributed by atoms with E-state index in [0.717, 1.165) is 48.6 Å². The molecule has 0 bridgehead atoms. The van der Waals surface area contributed by atoms with Crippen molar-refractivity contribution in [2.24, 2.45) is 5.92 Å². The molecule has 1 aliphatic carbocycles. The summed E-state index contributed by atoms with van der Waals surface area (Å²) in [5.74, 6) is 3.75. The molecule has 3 aromatic heterocycles. The van der Waals surface area contributed by atoms with Gasteiger partial charge in [0.25, 0.3) is 0 Å². The predicted molar refractivity (Wildman–Crippen MR) is 128 cm³/mol. The number of aryl methyl sites for hydroxylation is 1. The molecule has 1 aliphatic heterocycles. The lowest BCUT2D eigenvalue weighted by molar-refractivity contribution is 0.466. The van der Waals surface area contributed by atoms with Crippen LogP contribution in [0.5, 0.6) is 0 Å². The summed E-state index contributed by atoms with van der Waals surface area (Å²) in [5.41, 5.74) is 2.07. The maximum Gasteiger partial charge on any atom is 0.200 e. The van der Waals surface area contributed by atoms with Crippen molar-refractivity contribution < 1.29 is 0 Å². The molecule has 5 rings (SSSR count). The van der Waals surface area contributed by atoms with E-state index in [4.69, 9.17) is 15.1 Å². The molecule has 32 heavy (non-hydrogen) atoms. The first-order chi connectivity index (χ1) is 15.8. The van der Waals surface area contributed by atoms with Gasteiger partial charge in [-0.1, -0.05) is 38.2 Å². The van der Waals surface area contributed by atoms with Crippen molar-refractivity contribution in [3.05, 3.63) is 54.1 Å². The van der Waals surface area contributed by atoms with Gasteiger partial charge in [0.1, 0.15) is 17.3 Å². The Morgan fingerprint density at radius 3 is 2.53 bits per heavy atom. The summed E-state index contributed by atoms with van der Waals surface area (Å²) < 4.78 is 2.11. The predicted octanol–water partition coefficient (Wildman–Crippen LogP) is 5.46. The van der Waals surface area contributed by atoms with Crippen LogP contribution in [0.1, 0.15) is 75.7 Å².